The van der Waals surface area contributed by atoms with Gasteiger partial charge in [0.15, 0.2) is 0 Å². The van der Waals surface area contributed by atoms with Gasteiger partial charge in [0.2, 0.25) is 0 Å². The number of hydrogen-bond donors (Lipinski definition) is 1. The van der Waals surface area contributed by atoms with E-state index in [-0.39, 0.29) is 16.9 Å². The second-order valence-corrected chi connectivity index (χ2v) is 33.7. The summed E-state index contributed by atoms with van der Waals surface area (Å²) < 4.78 is 121. The predicted octanol–water partition coefficient (Wildman–Crippen LogP) is 15.1. The molecule has 0 fully saturated rings. The lowest BCUT2D eigenvalue weighted by atomic mass is 9.84. The first kappa shape index (κ1) is 115. The predicted molar refractivity (Wildman–Crippen MR) is 536 cm³/mol. The number of hydrogen-bond acceptors (Lipinski definition) is 26. The Morgan fingerprint density at radius 2 is 0.351 bits per heavy atom. The molecule has 9 rings (SSSR count). The zero-order valence-corrected chi connectivity index (χ0v) is 80.1. The average molecular weight is 1910 g/mol. The molecule has 0 radical (unpaired) electrons. The lowest BCUT2D eigenvalue weighted by molar-refractivity contribution is -0.0273. The Morgan fingerprint density at radius 3 is 0.507 bits per heavy atom. The van der Waals surface area contributed by atoms with Gasteiger partial charge in [0.1, 0.15) is 0 Å². The van der Waals surface area contributed by atoms with Gasteiger partial charge in [-0.05, 0) is 62.7 Å². The molecular formula is C105H147N4O22PS2. The summed E-state index contributed by atoms with van der Waals surface area (Å²) in [6.07, 6.45) is 0. The Morgan fingerprint density at radius 1 is 0.209 bits per heavy atom. The van der Waals surface area contributed by atoms with Crippen molar-refractivity contribution in [1.29, 1.82) is 0 Å². The van der Waals surface area contributed by atoms with Crippen LogP contribution in [0.25, 0.3) is 10.4 Å². The third kappa shape index (κ3) is 52.3. The van der Waals surface area contributed by atoms with Crippen molar-refractivity contribution in [3.63, 3.8) is 0 Å². The van der Waals surface area contributed by atoms with E-state index >= 15 is 0 Å². The zero-order valence-electron chi connectivity index (χ0n) is 77.6. The number of thioether (sulfide) groups is 2. The molecule has 0 saturated heterocycles. The molecule has 0 atom stereocenters. The van der Waals surface area contributed by atoms with Crippen molar-refractivity contribution in [1.82, 2.24) is 0 Å². The second kappa shape index (κ2) is 82.6. The van der Waals surface area contributed by atoms with Gasteiger partial charge in [-0.2, -0.15) is 0 Å². The van der Waals surface area contributed by atoms with Crippen LogP contribution >= 0.6 is 31.4 Å². The van der Waals surface area contributed by atoms with E-state index in [0.717, 1.165) is 11.5 Å². The molecule has 0 aliphatic rings. The molecule has 0 heterocycles. The monoisotopic (exact) mass is 1910 g/mol. The van der Waals surface area contributed by atoms with Crippen molar-refractivity contribution < 1.29 is 104 Å². The zero-order chi connectivity index (χ0) is 92.9. The molecule has 0 amide bonds. The molecule has 0 saturated carbocycles. The lowest BCUT2D eigenvalue weighted by Crippen LogP contribution is -2.26. The highest BCUT2D eigenvalue weighted by Crippen LogP contribution is 2.50. The molecule has 29 heteroatoms. The van der Waals surface area contributed by atoms with Crippen LogP contribution in [0.15, 0.2) is 278 Å². The third-order valence-electron chi connectivity index (χ3n) is 19.3. The van der Waals surface area contributed by atoms with Crippen LogP contribution in [0.5, 0.6) is 0 Å². The van der Waals surface area contributed by atoms with E-state index in [1.165, 1.54) is 49.3 Å². The second-order valence-electron chi connectivity index (χ2n) is 28.8. The van der Waals surface area contributed by atoms with Gasteiger partial charge in [0.05, 0.1) is 300 Å². The van der Waals surface area contributed by atoms with Crippen LogP contribution in [0.3, 0.4) is 0 Å². The fourth-order valence-electron chi connectivity index (χ4n) is 13.1. The maximum atomic E-state index is 8.16. The van der Waals surface area contributed by atoms with Crippen LogP contribution in [-0.4, -0.2) is 315 Å². The minimum Gasteiger partial charge on any atom is -0.379 e. The van der Waals surface area contributed by atoms with Crippen molar-refractivity contribution in [2.45, 2.75) is 16.9 Å². The van der Waals surface area contributed by atoms with Gasteiger partial charge in [-0.25, -0.2) is 0 Å². The molecule has 0 bridgehead atoms. The molecule has 134 heavy (non-hydrogen) atoms. The summed E-state index contributed by atoms with van der Waals surface area (Å²) in [6.45, 7) is 23.3. The van der Waals surface area contributed by atoms with Crippen molar-refractivity contribution >= 4 is 47.4 Å². The Hall–Kier alpha value is -7.50. The molecule has 0 unspecified atom stereocenters. The maximum absolute atomic E-state index is 8.16. The van der Waals surface area contributed by atoms with Crippen LogP contribution in [0.1, 0.15) is 40.8 Å². The lowest BCUT2D eigenvalue weighted by Gasteiger charge is -2.35. The Labute approximate surface area is 806 Å². The van der Waals surface area contributed by atoms with E-state index in [9.17, 15) is 0 Å². The van der Waals surface area contributed by atoms with E-state index in [1.807, 2.05) is 23.5 Å². The normalized spacial score (nSPS) is 11.4. The van der Waals surface area contributed by atoms with Crippen molar-refractivity contribution in [2.75, 3.05) is 315 Å². The van der Waals surface area contributed by atoms with Gasteiger partial charge in [0, 0.05) is 29.5 Å². The summed E-state index contributed by atoms with van der Waals surface area (Å²) in [5.41, 5.74) is 21.0. The summed E-state index contributed by atoms with van der Waals surface area (Å²) in [4.78, 5) is 2.65. The van der Waals surface area contributed by atoms with Crippen molar-refractivity contribution in [2.24, 2.45) is 10.8 Å². The summed E-state index contributed by atoms with van der Waals surface area (Å²) >= 11 is 3.79. The highest BCUT2D eigenvalue weighted by Gasteiger charge is 2.38. The number of azide groups is 1. The van der Waals surface area contributed by atoms with E-state index in [2.05, 4.69) is 283 Å². The van der Waals surface area contributed by atoms with Crippen LogP contribution in [0, 0.1) is 0 Å². The number of ether oxygens (including phenoxy) is 22. The first-order valence-corrected chi connectivity index (χ1v) is 49.5. The molecular weight excluding hydrogens is 1760 g/mol. The first-order chi connectivity index (χ1) is 66.2. The highest BCUT2D eigenvalue weighted by molar-refractivity contribution is 8.00. The van der Waals surface area contributed by atoms with Crippen molar-refractivity contribution in [3.05, 3.63) is 317 Å². The van der Waals surface area contributed by atoms with Gasteiger partial charge in [-0.15, -0.1) is 23.5 Å². The third-order valence-corrected chi connectivity index (χ3v) is 24.8. The maximum Gasteiger partial charge on any atom is 0.0907 e. The van der Waals surface area contributed by atoms with Gasteiger partial charge < -0.3 is 110 Å². The van der Waals surface area contributed by atoms with Crippen molar-refractivity contribution in [3.8, 4) is 0 Å². The summed E-state index contributed by atoms with van der Waals surface area (Å²) in [7, 11) is -0.446. The van der Waals surface area contributed by atoms with Crippen LogP contribution in [0.2, 0.25) is 0 Å². The molecule has 2 N–H and O–H groups in total. The SMILES string of the molecule is C.NCCOCCOCCOCCOCCOCCOCCOCCOCCOCCOCCOCCSC(c1ccccc1)(c1ccccc1)c1ccccc1.[N-]=[N+]=NCCOCCOCCOCCOCCOCCOCCOCCOCCOCCOCCOCCSC(c1ccccc1)(c1ccccc1)c1ccccc1.c1ccc(P(c2ccccc2)c2ccccc2)cc1. The first-order valence-electron chi connectivity index (χ1n) is 46.2. The van der Waals surface area contributed by atoms with Crippen LogP contribution < -0.4 is 21.6 Å². The van der Waals surface area contributed by atoms with Gasteiger partial charge in [-0.3, -0.25) is 0 Å². The molecule has 0 aliphatic heterocycles. The molecule has 9 aromatic carbocycles. The van der Waals surface area contributed by atoms with Crippen LogP contribution in [0.4, 0.5) is 0 Å². The Kier molecular flexibility index (Phi) is 71.0. The molecule has 9 aromatic rings. The van der Waals surface area contributed by atoms with E-state index in [1.54, 1.807) is 0 Å². The molecule has 0 aromatic heterocycles. The van der Waals surface area contributed by atoms with Gasteiger partial charge in [0.25, 0.3) is 0 Å². The minimum atomic E-state index is -0.446. The van der Waals surface area contributed by atoms with E-state index in [4.69, 9.17) is 115 Å². The fourth-order valence-corrected chi connectivity index (χ4v) is 18.2. The molecule has 736 valence electrons. The summed E-state index contributed by atoms with van der Waals surface area (Å²) in [6, 6.07) is 96.6. The number of rotatable bonds is 82. The molecule has 26 nitrogen and oxygen atoms in total. The Balaban J connectivity index is 0.000000341. The standard InChI is InChI=1S/C43H63N3O11S.C43H65NO11S.C18H15P.CH4/c44-46-45-16-17-47-18-19-48-20-21-49-22-23-50-24-25-51-26-27-52-28-29-53-30-31-54-32-33-55-34-35-56-36-37-57-38-39-58-43(40-10-4-1-5-11-40,41-12-6-2-7-13-41)42-14-8-3-9-15-42;44-16-17-45-18-19-46-20-21-47-22-23-48-24-25-49-26-27-50-28-29-51-30-31-52-32-33-53-34-35-54-36-37-55-38-39-56-43(40-10-4-1-5-11-40,41-12-6-2-7-13-41)42-14-8-3-9-15-42;1-4-10-16(11-5-1)19(17-12-6-2-7-13-17)18-14-8-3-9-15-18;/h1-15H,16-39H2;1-15H,16-39,44H2;1-15H;1H4. The number of benzene rings is 9. The fraction of sp³-hybridized carbons (Fsp3) is 0.486. The molecule has 0 aliphatic carbocycles. The Bertz CT molecular complexity index is 3820. The highest BCUT2D eigenvalue weighted by atomic mass is 32.2. The summed E-state index contributed by atoms with van der Waals surface area (Å²) in [5, 5.41) is 7.58. The average Bonchev–Trinajstić information content (AvgIpc) is 0.764. The van der Waals surface area contributed by atoms with E-state index < -0.39 is 7.92 Å². The van der Waals surface area contributed by atoms with Gasteiger partial charge >= 0.3 is 0 Å². The largest absolute Gasteiger partial charge is 0.379 e. The number of nitrogens with two attached hydrogens (primary N) is 1. The quantitative estimate of drug-likeness (QED) is 0.00926. The van der Waals surface area contributed by atoms with Gasteiger partial charge in [-0.1, -0.05) is 286 Å². The van der Waals surface area contributed by atoms with E-state index in [0.29, 0.717) is 304 Å². The number of nitrogens with zero attached hydrogens (tertiary/aromatic N) is 3. The topological polar surface area (TPSA) is 278 Å². The molecule has 0 spiro atoms. The van der Waals surface area contributed by atoms with Crippen LogP contribution in [-0.2, 0) is 114 Å². The smallest absolute Gasteiger partial charge is 0.0907 e. The minimum absolute atomic E-state index is 0. The summed E-state index contributed by atoms with van der Waals surface area (Å²) in [5.74, 6) is 1.66.